The van der Waals surface area contributed by atoms with Crippen LogP contribution < -0.4 is 5.73 Å². The minimum absolute atomic E-state index is 0.110. The van der Waals surface area contributed by atoms with Gasteiger partial charge in [0.05, 0.1) is 0 Å². The predicted octanol–water partition coefficient (Wildman–Crippen LogP) is 2.63. The first kappa shape index (κ1) is 10.2. The molecule has 15 heavy (non-hydrogen) atoms. The normalized spacial score (nSPS) is 21.3. The molecule has 1 aliphatic rings. The molecule has 0 bridgehead atoms. The Morgan fingerprint density at radius 3 is 2.47 bits per heavy atom. The standard InChI is InChI=1S/C12H12ClNO/c13-10-3-1-8(2-4-10)9-5-11(14)7-12(15)6-9/h1-4,7,9H,5-6,14H2. The average molecular weight is 222 g/mol. The first-order valence-electron chi connectivity index (χ1n) is 4.89. The fourth-order valence-corrected chi connectivity index (χ4v) is 2.02. The Labute approximate surface area is 93.7 Å². The van der Waals surface area contributed by atoms with Crippen molar-refractivity contribution >= 4 is 17.4 Å². The van der Waals surface area contributed by atoms with E-state index in [1.54, 1.807) is 0 Å². The van der Waals surface area contributed by atoms with Crippen molar-refractivity contribution in [1.82, 2.24) is 0 Å². The number of hydrogen-bond donors (Lipinski definition) is 1. The van der Waals surface area contributed by atoms with Crippen LogP contribution in [-0.4, -0.2) is 5.78 Å². The summed E-state index contributed by atoms with van der Waals surface area (Å²) in [7, 11) is 0. The van der Waals surface area contributed by atoms with Crippen LogP contribution >= 0.6 is 11.6 Å². The number of allylic oxidation sites excluding steroid dienone is 2. The van der Waals surface area contributed by atoms with Crippen LogP contribution in [0, 0.1) is 0 Å². The molecule has 1 aliphatic carbocycles. The molecule has 0 aromatic heterocycles. The third-order valence-electron chi connectivity index (χ3n) is 2.62. The smallest absolute Gasteiger partial charge is 0.158 e. The lowest BCUT2D eigenvalue weighted by atomic mass is 9.86. The van der Waals surface area contributed by atoms with Gasteiger partial charge in [-0.25, -0.2) is 0 Å². The number of nitrogens with two attached hydrogens (primary N) is 1. The summed E-state index contributed by atoms with van der Waals surface area (Å²) in [4.78, 5) is 11.3. The van der Waals surface area contributed by atoms with Gasteiger partial charge in [0.15, 0.2) is 5.78 Å². The maximum atomic E-state index is 11.3. The van der Waals surface area contributed by atoms with Crippen molar-refractivity contribution in [1.29, 1.82) is 0 Å². The molecule has 0 aliphatic heterocycles. The molecule has 2 N–H and O–H groups in total. The summed E-state index contributed by atoms with van der Waals surface area (Å²) in [5, 5.41) is 0.712. The molecule has 1 aromatic rings. The highest BCUT2D eigenvalue weighted by molar-refractivity contribution is 6.30. The zero-order valence-corrected chi connectivity index (χ0v) is 9.00. The molecular formula is C12H12ClNO. The summed E-state index contributed by atoms with van der Waals surface area (Å²) in [5.41, 5.74) is 7.50. The first-order valence-corrected chi connectivity index (χ1v) is 5.27. The maximum absolute atomic E-state index is 11.3. The summed E-state index contributed by atoms with van der Waals surface area (Å²) >= 11 is 5.80. The molecule has 2 nitrogen and oxygen atoms in total. The molecule has 78 valence electrons. The molecule has 3 heteroatoms. The molecule has 0 amide bonds. The van der Waals surface area contributed by atoms with Crippen LogP contribution in [0.15, 0.2) is 36.0 Å². The van der Waals surface area contributed by atoms with Gasteiger partial charge in [-0.3, -0.25) is 4.79 Å². The number of carbonyl (C=O) groups excluding carboxylic acids is 1. The van der Waals surface area contributed by atoms with E-state index in [9.17, 15) is 4.79 Å². The van der Waals surface area contributed by atoms with Gasteiger partial charge in [0.1, 0.15) is 0 Å². The van der Waals surface area contributed by atoms with Crippen LogP contribution in [0.25, 0.3) is 0 Å². The average Bonchev–Trinajstić information content (AvgIpc) is 2.17. The fraction of sp³-hybridized carbons (Fsp3) is 0.250. The Bertz CT molecular complexity index is 408. The maximum Gasteiger partial charge on any atom is 0.158 e. The summed E-state index contributed by atoms with van der Waals surface area (Å²) < 4.78 is 0. The summed E-state index contributed by atoms with van der Waals surface area (Å²) in [5.74, 6) is 0.318. The lowest BCUT2D eigenvalue weighted by molar-refractivity contribution is -0.115. The number of rotatable bonds is 1. The Hall–Kier alpha value is -1.28. The number of carbonyl (C=O) groups is 1. The van der Waals surface area contributed by atoms with E-state index in [2.05, 4.69) is 0 Å². The van der Waals surface area contributed by atoms with Gasteiger partial charge in [-0.05, 0) is 36.1 Å². The second-order valence-electron chi connectivity index (χ2n) is 3.84. The van der Waals surface area contributed by atoms with Crippen molar-refractivity contribution in [2.24, 2.45) is 5.73 Å². The van der Waals surface area contributed by atoms with Crippen molar-refractivity contribution in [3.8, 4) is 0 Å². The summed E-state index contributed by atoms with van der Waals surface area (Å²) in [6.45, 7) is 0. The van der Waals surface area contributed by atoms with Gasteiger partial charge < -0.3 is 5.73 Å². The molecule has 0 fully saturated rings. The summed E-state index contributed by atoms with van der Waals surface area (Å²) in [6, 6.07) is 7.60. The molecule has 1 aromatic carbocycles. The van der Waals surface area contributed by atoms with E-state index in [1.807, 2.05) is 24.3 Å². The quantitative estimate of drug-likeness (QED) is 0.792. The second kappa shape index (κ2) is 4.07. The summed E-state index contributed by atoms with van der Waals surface area (Å²) in [6.07, 6.45) is 2.84. The third-order valence-corrected chi connectivity index (χ3v) is 2.87. The van der Waals surface area contributed by atoms with Gasteiger partial charge in [0.25, 0.3) is 0 Å². The van der Waals surface area contributed by atoms with Gasteiger partial charge in [-0.2, -0.15) is 0 Å². The molecule has 0 saturated carbocycles. The van der Waals surface area contributed by atoms with Crippen molar-refractivity contribution in [3.05, 3.63) is 46.6 Å². The van der Waals surface area contributed by atoms with Crippen LogP contribution in [0.5, 0.6) is 0 Å². The van der Waals surface area contributed by atoms with Crippen LogP contribution in [0.3, 0.4) is 0 Å². The van der Waals surface area contributed by atoms with Gasteiger partial charge in [0, 0.05) is 17.1 Å². The highest BCUT2D eigenvalue weighted by atomic mass is 35.5. The Kier molecular flexibility index (Phi) is 2.78. The van der Waals surface area contributed by atoms with E-state index in [-0.39, 0.29) is 11.7 Å². The number of ketones is 1. The molecule has 1 atom stereocenters. The number of hydrogen-bond acceptors (Lipinski definition) is 2. The van der Waals surface area contributed by atoms with E-state index in [0.717, 1.165) is 12.0 Å². The minimum atomic E-state index is 0.110. The zero-order chi connectivity index (χ0) is 10.8. The van der Waals surface area contributed by atoms with E-state index < -0.39 is 0 Å². The lowest BCUT2D eigenvalue weighted by Gasteiger charge is -2.20. The molecule has 0 heterocycles. The van der Waals surface area contributed by atoms with E-state index in [4.69, 9.17) is 17.3 Å². The lowest BCUT2D eigenvalue weighted by Crippen LogP contribution is -2.16. The molecule has 1 unspecified atom stereocenters. The van der Waals surface area contributed by atoms with Crippen LogP contribution in [-0.2, 0) is 4.79 Å². The minimum Gasteiger partial charge on any atom is -0.402 e. The Morgan fingerprint density at radius 2 is 1.87 bits per heavy atom. The highest BCUT2D eigenvalue weighted by Crippen LogP contribution is 2.30. The number of benzene rings is 1. The van der Waals surface area contributed by atoms with Crippen molar-refractivity contribution < 1.29 is 4.79 Å². The van der Waals surface area contributed by atoms with E-state index >= 15 is 0 Å². The highest BCUT2D eigenvalue weighted by Gasteiger charge is 2.20. The van der Waals surface area contributed by atoms with Crippen molar-refractivity contribution in [2.45, 2.75) is 18.8 Å². The monoisotopic (exact) mass is 221 g/mol. The topological polar surface area (TPSA) is 43.1 Å². The van der Waals surface area contributed by atoms with Gasteiger partial charge >= 0.3 is 0 Å². The molecule has 0 spiro atoms. The zero-order valence-electron chi connectivity index (χ0n) is 8.24. The molecule has 0 radical (unpaired) electrons. The third kappa shape index (κ3) is 2.39. The SMILES string of the molecule is NC1=CC(=O)CC(c2ccc(Cl)cc2)C1. The number of halogens is 1. The largest absolute Gasteiger partial charge is 0.402 e. The molecule has 2 rings (SSSR count). The van der Waals surface area contributed by atoms with Gasteiger partial charge in [0.2, 0.25) is 0 Å². The van der Waals surface area contributed by atoms with Crippen LogP contribution in [0.1, 0.15) is 24.3 Å². The predicted molar refractivity (Wildman–Crippen MR) is 60.7 cm³/mol. The van der Waals surface area contributed by atoms with Gasteiger partial charge in [-0.1, -0.05) is 23.7 Å². The van der Waals surface area contributed by atoms with Crippen molar-refractivity contribution in [2.75, 3.05) is 0 Å². The van der Waals surface area contributed by atoms with Crippen LogP contribution in [0.4, 0.5) is 0 Å². The van der Waals surface area contributed by atoms with E-state index in [1.165, 1.54) is 6.08 Å². The first-order chi connectivity index (χ1) is 7.15. The van der Waals surface area contributed by atoms with Crippen LogP contribution in [0.2, 0.25) is 5.02 Å². The van der Waals surface area contributed by atoms with Gasteiger partial charge in [-0.15, -0.1) is 0 Å². The van der Waals surface area contributed by atoms with E-state index in [0.29, 0.717) is 17.1 Å². The second-order valence-corrected chi connectivity index (χ2v) is 4.28. The molecular weight excluding hydrogens is 210 g/mol. The Morgan fingerprint density at radius 1 is 1.20 bits per heavy atom. The molecule has 0 saturated heterocycles. The fourth-order valence-electron chi connectivity index (χ4n) is 1.89. The Balaban J connectivity index is 2.22. The van der Waals surface area contributed by atoms with Crippen molar-refractivity contribution in [3.63, 3.8) is 0 Å².